The molecule has 0 aliphatic carbocycles. The molecule has 0 spiro atoms. The van der Waals surface area contributed by atoms with Gasteiger partial charge in [-0.1, -0.05) is 58.2 Å². The fourth-order valence-corrected chi connectivity index (χ4v) is 10.4. The van der Waals surface area contributed by atoms with Crippen LogP contribution < -0.4 is 0 Å². The van der Waals surface area contributed by atoms with Crippen molar-refractivity contribution in [3.05, 3.63) is 0 Å². The minimum atomic E-state index is -1.70. The molecule has 0 radical (unpaired) electrons. The molecule has 1 fully saturated rings. The molecule has 0 aromatic carbocycles. The Balaban J connectivity index is 2.96. The minimum absolute atomic E-state index is 0.224. The van der Waals surface area contributed by atoms with Crippen LogP contribution in [0.5, 0.6) is 0 Å². The Morgan fingerprint density at radius 3 is 2.05 bits per heavy atom. The third-order valence-corrected chi connectivity index (χ3v) is 12.6. The monoisotopic (exact) mass is 288 g/mol. The molecule has 2 atom stereocenters. The highest BCUT2D eigenvalue weighted by molar-refractivity contribution is 6.83. The molecule has 4 heteroatoms. The van der Waals surface area contributed by atoms with Crippen LogP contribution in [0, 0.1) is 0 Å². The van der Waals surface area contributed by atoms with E-state index in [2.05, 4.69) is 41.5 Å². The van der Waals surface area contributed by atoms with Crippen LogP contribution in [0.15, 0.2) is 0 Å². The standard InChI is InChI=1S/C15H29FO2Si/c1-10(2)19(11(3)4,12(5)6)9-14-13(16)7-8-15(17)18-14/h10-14H,7-9H2,1-6H3/t13-,14-/m1/s1. The van der Waals surface area contributed by atoms with Crippen LogP contribution in [-0.2, 0) is 9.53 Å². The first-order chi connectivity index (χ1) is 8.71. The van der Waals surface area contributed by atoms with Gasteiger partial charge in [-0.25, -0.2) is 4.39 Å². The highest BCUT2D eigenvalue weighted by atomic mass is 28.3. The molecule has 1 saturated heterocycles. The predicted molar refractivity (Wildman–Crippen MR) is 79.9 cm³/mol. The molecule has 0 aromatic rings. The minimum Gasteiger partial charge on any atom is -0.460 e. The van der Waals surface area contributed by atoms with Crippen molar-refractivity contribution in [1.82, 2.24) is 0 Å². The summed E-state index contributed by atoms with van der Waals surface area (Å²) in [6, 6.07) is 0.771. The average molecular weight is 288 g/mol. The van der Waals surface area contributed by atoms with Crippen LogP contribution in [0.1, 0.15) is 54.4 Å². The van der Waals surface area contributed by atoms with Crippen molar-refractivity contribution >= 4 is 14.0 Å². The van der Waals surface area contributed by atoms with Gasteiger partial charge in [0.05, 0.1) is 8.07 Å². The van der Waals surface area contributed by atoms with E-state index in [0.717, 1.165) is 6.04 Å². The lowest BCUT2D eigenvalue weighted by Gasteiger charge is -2.46. The molecule has 0 saturated carbocycles. The summed E-state index contributed by atoms with van der Waals surface area (Å²) in [5.41, 5.74) is 1.71. The van der Waals surface area contributed by atoms with Gasteiger partial charge in [-0.3, -0.25) is 4.79 Å². The fraction of sp³-hybridized carbons (Fsp3) is 0.933. The average Bonchev–Trinajstić information content (AvgIpc) is 2.28. The molecule has 1 rings (SSSR count). The van der Waals surface area contributed by atoms with Gasteiger partial charge in [0.2, 0.25) is 0 Å². The Morgan fingerprint density at radius 1 is 1.16 bits per heavy atom. The molecular formula is C15H29FO2Si. The molecule has 19 heavy (non-hydrogen) atoms. The maximum Gasteiger partial charge on any atom is 0.306 e. The number of cyclic esters (lactones) is 1. The predicted octanol–water partition coefficient (Wildman–Crippen LogP) is 4.71. The summed E-state index contributed by atoms with van der Waals surface area (Å²) >= 11 is 0. The second kappa shape index (κ2) is 6.38. The largest absolute Gasteiger partial charge is 0.460 e. The van der Waals surface area contributed by atoms with Crippen LogP contribution in [0.3, 0.4) is 0 Å². The molecule has 0 aromatic heterocycles. The molecule has 2 nitrogen and oxygen atoms in total. The van der Waals surface area contributed by atoms with E-state index in [1.54, 1.807) is 0 Å². The highest BCUT2D eigenvalue weighted by Gasteiger charge is 2.47. The number of hydrogen-bond acceptors (Lipinski definition) is 2. The molecule has 1 aliphatic heterocycles. The number of carbonyl (C=O) groups excluding carboxylic acids is 1. The first kappa shape index (κ1) is 16.7. The first-order valence-electron chi connectivity index (χ1n) is 7.55. The molecule has 0 bridgehead atoms. The van der Waals surface area contributed by atoms with E-state index in [1.807, 2.05) is 0 Å². The number of hydrogen-bond donors (Lipinski definition) is 0. The summed E-state index contributed by atoms with van der Waals surface area (Å²) in [4.78, 5) is 11.4. The molecule has 112 valence electrons. The number of alkyl halides is 1. The van der Waals surface area contributed by atoms with Gasteiger partial charge in [0.1, 0.15) is 12.3 Å². The Morgan fingerprint density at radius 2 is 1.63 bits per heavy atom. The zero-order valence-electron chi connectivity index (χ0n) is 13.2. The smallest absolute Gasteiger partial charge is 0.306 e. The SMILES string of the molecule is CC(C)[Si](C[C@H]1OC(=O)CC[C@H]1F)(C(C)C)C(C)C. The van der Waals surface area contributed by atoms with E-state index in [0.29, 0.717) is 23.0 Å². The third kappa shape index (κ3) is 3.39. The highest BCUT2D eigenvalue weighted by Crippen LogP contribution is 2.46. The van der Waals surface area contributed by atoms with Crippen molar-refractivity contribution in [2.45, 2.75) is 89.3 Å². The van der Waals surface area contributed by atoms with E-state index in [9.17, 15) is 9.18 Å². The van der Waals surface area contributed by atoms with E-state index in [1.165, 1.54) is 0 Å². The number of ether oxygens (including phenoxy) is 1. The van der Waals surface area contributed by atoms with Crippen molar-refractivity contribution in [3.63, 3.8) is 0 Å². The Kier molecular flexibility index (Phi) is 5.60. The maximum absolute atomic E-state index is 14.1. The maximum atomic E-state index is 14.1. The summed E-state index contributed by atoms with van der Waals surface area (Å²) in [5, 5.41) is 0. The summed E-state index contributed by atoms with van der Waals surface area (Å²) in [5.74, 6) is -0.224. The number of esters is 1. The van der Waals surface area contributed by atoms with Gasteiger partial charge in [0, 0.05) is 6.42 Å². The zero-order valence-corrected chi connectivity index (χ0v) is 14.2. The normalized spacial score (nSPS) is 25.3. The topological polar surface area (TPSA) is 26.3 Å². The van der Waals surface area contributed by atoms with Crippen LogP contribution in [0.25, 0.3) is 0 Å². The van der Waals surface area contributed by atoms with E-state index < -0.39 is 20.3 Å². The lowest BCUT2D eigenvalue weighted by atomic mass is 10.1. The van der Waals surface area contributed by atoms with Crippen LogP contribution >= 0.6 is 0 Å². The van der Waals surface area contributed by atoms with Crippen molar-refractivity contribution in [3.8, 4) is 0 Å². The van der Waals surface area contributed by atoms with E-state index in [-0.39, 0.29) is 12.4 Å². The van der Waals surface area contributed by atoms with E-state index >= 15 is 0 Å². The molecular weight excluding hydrogens is 259 g/mol. The molecule has 0 amide bonds. The van der Waals surface area contributed by atoms with Crippen molar-refractivity contribution in [2.24, 2.45) is 0 Å². The van der Waals surface area contributed by atoms with Gasteiger partial charge in [0.15, 0.2) is 0 Å². The van der Waals surface area contributed by atoms with Crippen LogP contribution in [-0.4, -0.2) is 26.3 Å². The van der Waals surface area contributed by atoms with Gasteiger partial charge >= 0.3 is 5.97 Å². The van der Waals surface area contributed by atoms with Gasteiger partial charge in [-0.2, -0.15) is 0 Å². The van der Waals surface area contributed by atoms with Crippen molar-refractivity contribution < 1.29 is 13.9 Å². The van der Waals surface area contributed by atoms with Crippen molar-refractivity contribution in [2.75, 3.05) is 0 Å². The number of rotatable bonds is 5. The Bertz CT molecular complexity index is 293. The first-order valence-corrected chi connectivity index (χ1v) is 9.99. The molecule has 0 unspecified atom stereocenters. The fourth-order valence-electron chi connectivity index (χ4n) is 3.97. The van der Waals surface area contributed by atoms with E-state index in [4.69, 9.17) is 4.74 Å². The summed E-state index contributed by atoms with van der Waals surface area (Å²) < 4.78 is 19.4. The number of halogens is 1. The van der Waals surface area contributed by atoms with Gasteiger partial charge < -0.3 is 4.74 Å². The van der Waals surface area contributed by atoms with Crippen LogP contribution in [0.2, 0.25) is 22.7 Å². The number of carbonyl (C=O) groups is 1. The molecule has 1 heterocycles. The summed E-state index contributed by atoms with van der Waals surface area (Å²) in [6.07, 6.45) is -0.902. The van der Waals surface area contributed by atoms with Gasteiger partial charge in [-0.15, -0.1) is 0 Å². The second-order valence-corrected chi connectivity index (χ2v) is 13.0. The lowest BCUT2D eigenvalue weighted by molar-refractivity contribution is -0.157. The van der Waals surface area contributed by atoms with Gasteiger partial charge in [0.25, 0.3) is 0 Å². The molecule has 1 aliphatic rings. The quantitative estimate of drug-likeness (QED) is 0.541. The third-order valence-electron chi connectivity index (χ3n) is 5.09. The zero-order chi connectivity index (χ0) is 14.8. The van der Waals surface area contributed by atoms with Crippen LogP contribution in [0.4, 0.5) is 4.39 Å². The van der Waals surface area contributed by atoms with Gasteiger partial charge in [-0.05, 0) is 12.5 Å². The summed E-state index contributed by atoms with van der Waals surface area (Å²) in [6.45, 7) is 13.5. The Hall–Kier alpha value is -0.383. The second-order valence-electron chi connectivity index (χ2n) is 6.86. The van der Waals surface area contributed by atoms with Crippen molar-refractivity contribution in [1.29, 1.82) is 0 Å². The Labute approximate surface area is 118 Å². The summed E-state index contributed by atoms with van der Waals surface area (Å²) in [7, 11) is -1.70. The molecule has 0 N–H and O–H groups in total. The lowest BCUT2D eigenvalue weighted by Crippen LogP contribution is -2.50.